The van der Waals surface area contributed by atoms with Crippen LogP contribution >= 0.6 is 11.6 Å². The van der Waals surface area contributed by atoms with E-state index in [0.29, 0.717) is 5.69 Å². The summed E-state index contributed by atoms with van der Waals surface area (Å²) in [5.74, 6) is -0.0588. The van der Waals surface area contributed by atoms with Gasteiger partial charge in [-0.3, -0.25) is 0 Å². The molecule has 0 saturated heterocycles. The largest absolute Gasteiger partial charge is 0.267 e. The van der Waals surface area contributed by atoms with E-state index < -0.39 is 6.43 Å². The molecule has 2 aromatic heterocycles. The van der Waals surface area contributed by atoms with Gasteiger partial charge in [0.1, 0.15) is 11.2 Å². The number of pyridine rings is 1. The van der Waals surface area contributed by atoms with Gasteiger partial charge in [0, 0.05) is 5.69 Å². The molecule has 0 aliphatic heterocycles. The molecule has 0 amide bonds. The zero-order valence-electron chi connectivity index (χ0n) is 9.23. The summed E-state index contributed by atoms with van der Waals surface area (Å²) in [6.45, 7) is 1.64. The molecule has 0 atom stereocenters. The van der Waals surface area contributed by atoms with Crippen molar-refractivity contribution in [1.29, 1.82) is 5.26 Å². The molecule has 0 radical (unpaired) electrons. The lowest BCUT2D eigenvalue weighted by Gasteiger charge is -2.09. The Morgan fingerprint density at radius 3 is 2.72 bits per heavy atom. The maximum Gasteiger partial charge on any atom is 0.267 e. The highest BCUT2D eigenvalue weighted by Crippen LogP contribution is 2.26. The number of hydrogen-bond donors (Lipinski definition) is 0. The first-order valence-corrected chi connectivity index (χ1v) is 5.32. The molecule has 0 unspecified atom stereocenters. The second-order valence-electron chi connectivity index (χ2n) is 3.54. The maximum atomic E-state index is 12.9. The Morgan fingerprint density at radius 1 is 1.44 bits per heavy atom. The van der Waals surface area contributed by atoms with Gasteiger partial charge in [-0.05, 0) is 25.1 Å². The molecule has 18 heavy (non-hydrogen) atoms. The van der Waals surface area contributed by atoms with Crippen LogP contribution < -0.4 is 0 Å². The van der Waals surface area contributed by atoms with Crippen molar-refractivity contribution in [2.45, 2.75) is 13.3 Å². The molecule has 0 aliphatic rings. The molecular formula is C11H7ClF2N4. The zero-order valence-corrected chi connectivity index (χ0v) is 9.99. The molecule has 0 fully saturated rings. The predicted octanol–water partition coefficient (Wildman–Crippen LogP) is 3.04. The Hall–Kier alpha value is -2.00. The summed E-state index contributed by atoms with van der Waals surface area (Å²) in [7, 11) is 0. The van der Waals surface area contributed by atoms with Gasteiger partial charge < -0.3 is 0 Å². The highest BCUT2D eigenvalue weighted by molar-refractivity contribution is 6.29. The number of halogens is 3. The Balaban J connectivity index is 2.65. The summed E-state index contributed by atoms with van der Waals surface area (Å²) >= 11 is 5.70. The van der Waals surface area contributed by atoms with Crippen molar-refractivity contribution in [3.63, 3.8) is 0 Å². The van der Waals surface area contributed by atoms with Crippen LogP contribution in [-0.4, -0.2) is 14.8 Å². The van der Waals surface area contributed by atoms with Gasteiger partial charge in [-0.15, -0.1) is 0 Å². The summed E-state index contributed by atoms with van der Waals surface area (Å²) in [5.41, 5.74) is 0.382. The smallest absolute Gasteiger partial charge is 0.218 e. The van der Waals surface area contributed by atoms with E-state index in [2.05, 4.69) is 10.1 Å². The average molecular weight is 269 g/mol. The summed E-state index contributed by atoms with van der Waals surface area (Å²) < 4.78 is 26.9. The van der Waals surface area contributed by atoms with Crippen molar-refractivity contribution in [2.75, 3.05) is 0 Å². The van der Waals surface area contributed by atoms with Crippen LogP contribution in [0, 0.1) is 18.3 Å². The van der Waals surface area contributed by atoms with Gasteiger partial charge in [0.25, 0.3) is 6.43 Å². The Morgan fingerprint density at radius 2 is 2.17 bits per heavy atom. The lowest BCUT2D eigenvalue weighted by molar-refractivity contribution is 0.150. The van der Waals surface area contributed by atoms with Crippen molar-refractivity contribution in [3.8, 4) is 11.9 Å². The monoisotopic (exact) mass is 268 g/mol. The molecule has 0 bridgehead atoms. The van der Waals surface area contributed by atoms with Gasteiger partial charge in [-0.25, -0.2) is 18.4 Å². The second-order valence-corrected chi connectivity index (χ2v) is 3.93. The lowest BCUT2D eigenvalue weighted by Crippen LogP contribution is -2.07. The van der Waals surface area contributed by atoms with Crippen LogP contribution in [0.1, 0.15) is 23.4 Å². The van der Waals surface area contributed by atoms with Crippen LogP contribution in [0.3, 0.4) is 0 Å². The zero-order chi connectivity index (χ0) is 13.3. The molecule has 0 aliphatic carbocycles. The molecule has 92 valence electrons. The first-order valence-electron chi connectivity index (χ1n) is 4.94. The van der Waals surface area contributed by atoms with E-state index in [1.54, 1.807) is 6.92 Å². The van der Waals surface area contributed by atoms with Crippen molar-refractivity contribution in [2.24, 2.45) is 0 Å². The van der Waals surface area contributed by atoms with Crippen molar-refractivity contribution in [1.82, 2.24) is 14.8 Å². The van der Waals surface area contributed by atoms with Crippen molar-refractivity contribution >= 4 is 11.6 Å². The number of rotatable bonds is 2. The fourth-order valence-electron chi connectivity index (χ4n) is 1.52. The molecule has 0 aromatic carbocycles. The number of hydrogen-bond acceptors (Lipinski definition) is 3. The van der Waals surface area contributed by atoms with Crippen LogP contribution in [0.5, 0.6) is 0 Å². The highest BCUT2D eigenvalue weighted by Gasteiger charge is 2.18. The molecule has 0 spiro atoms. The van der Waals surface area contributed by atoms with Gasteiger partial charge in [-0.1, -0.05) is 11.6 Å². The van der Waals surface area contributed by atoms with E-state index in [1.807, 2.05) is 6.07 Å². The molecule has 0 saturated carbocycles. The van der Waals surface area contributed by atoms with Gasteiger partial charge in [0.2, 0.25) is 0 Å². The molecule has 7 heteroatoms. The summed E-state index contributed by atoms with van der Waals surface area (Å²) in [6, 6.07) is 5.81. The first kappa shape index (κ1) is 12.5. The topological polar surface area (TPSA) is 54.5 Å². The minimum absolute atomic E-state index is 0.0588. The van der Waals surface area contributed by atoms with E-state index in [-0.39, 0.29) is 22.2 Å². The lowest BCUT2D eigenvalue weighted by atomic mass is 10.2. The van der Waals surface area contributed by atoms with Crippen LogP contribution in [0.2, 0.25) is 5.15 Å². The molecular weight excluding hydrogens is 262 g/mol. The molecule has 2 heterocycles. The summed E-state index contributed by atoms with van der Waals surface area (Å²) in [4.78, 5) is 3.85. The van der Waals surface area contributed by atoms with Crippen LogP contribution in [0.25, 0.3) is 5.82 Å². The van der Waals surface area contributed by atoms with E-state index in [4.69, 9.17) is 16.9 Å². The number of nitrogens with zero attached hydrogens (tertiary/aromatic N) is 4. The second kappa shape index (κ2) is 4.70. The third-order valence-corrected chi connectivity index (χ3v) is 2.52. The minimum Gasteiger partial charge on any atom is -0.218 e. The average Bonchev–Trinajstić information content (AvgIpc) is 2.70. The quantitative estimate of drug-likeness (QED) is 0.787. The highest BCUT2D eigenvalue weighted by atomic mass is 35.5. The van der Waals surface area contributed by atoms with Gasteiger partial charge in [0.15, 0.2) is 11.5 Å². The standard InChI is InChI=1S/C11H7ClF2N4/c1-6-4-7(5-15)17-18(6)11-8(10(13)14)2-3-9(12)16-11/h2-4,10H,1H3. The third kappa shape index (κ3) is 2.17. The molecule has 0 N–H and O–H groups in total. The van der Waals surface area contributed by atoms with E-state index in [9.17, 15) is 8.78 Å². The normalized spacial score (nSPS) is 10.7. The van der Waals surface area contributed by atoms with E-state index in [1.165, 1.54) is 22.9 Å². The number of nitriles is 1. The Kier molecular flexibility index (Phi) is 3.26. The SMILES string of the molecule is Cc1cc(C#N)nn1-c1nc(Cl)ccc1C(F)F. The van der Waals surface area contributed by atoms with Crippen LogP contribution in [0.15, 0.2) is 18.2 Å². The molecule has 2 rings (SSSR count). The first-order chi connectivity index (χ1) is 8.52. The van der Waals surface area contributed by atoms with Crippen molar-refractivity contribution in [3.05, 3.63) is 40.3 Å². The van der Waals surface area contributed by atoms with Gasteiger partial charge in [-0.2, -0.15) is 10.4 Å². The Labute approximate surface area is 106 Å². The fourth-order valence-corrected chi connectivity index (χ4v) is 1.66. The third-order valence-electron chi connectivity index (χ3n) is 2.31. The molecule has 2 aromatic rings. The Bertz CT molecular complexity index is 630. The summed E-state index contributed by atoms with van der Waals surface area (Å²) in [6.07, 6.45) is -2.70. The maximum absolute atomic E-state index is 12.9. The summed E-state index contributed by atoms with van der Waals surface area (Å²) in [5, 5.41) is 12.7. The number of aryl methyl sites for hydroxylation is 1. The van der Waals surface area contributed by atoms with Gasteiger partial charge >= 0.3 is 0 Å². The fraction of sp³-hybridized carbons (Fsp3) is 0.182. The van der Waals surface area contributed by atoms with Crippen LogP contribution in [0.4, 0.5) is 8.78 Å². The molecule has 4 nitrogen and oxygen atoms in total. The minimum atomic E-state index is -2.70. The van der Waals surface area contributed by atoms with Gasteiger partial charge in [0.05, 0.1) is 5.56 Å². The van der Waals surface area contributed by atoms with Crippen LogP contribution in [-0.2, 0) is 0 Å². The number of aromatic nitrogens is 3. The van der Waals surface area contributed by atoms with E-state index in [0.717, 1.165) is 0 Å². The number of alkyl halides is 2. The van der Waals surface area contributed by atoms with Crippen molar-refractivity contribution < 1.29 is 8.78 Å². The predicted molar refractivity (Wildman–Crippen MR) is 60.8 cm³/mol. The van der Waals surface area contributed by atoms with E-state index >= 15 is 0 Å².